The van der Waals surface area contributed by atoms with Crippen LogP contribution in [0.2, 0.25) is 0 Å². The minimum atomic E-state index is -4.45. The molecule has 0 radical (unpaired) electrons. The van der Waals surface area contributed by atoms with Gasteiger partial charge in [0.25, 0.3) is 0 Å². The van der Waals surface area contributed by atoms with Gasteiger partial charge in [0.05, 0.1) is 12.7 Å². The molecule has 2 aromatic carbocycles. The lowest BCUT2D eigenvalue weighted by Crippen LogP contribution is -2.06. The van der Waals surface area contributed by atoms with Gasteiger partial charge in [0, 0.05) is 11.8 Å². The molecule has 0 aromatic heterocycles. The summed E-state index contributed by atoms with van der Waals surface area (Å²) in [5, 5.41) is 0. The number of halogens is 3. The highest BCUT2D eigenvalue weighted by atomic mass is 19.4. The summed E-state index contributed by atoms with van der Waals surface area (Å²) in [6, 6.07) is 10.2. The molecular formula is C15H14F3NO2. The molecule has 0 unspecified atom stereocenters. The first-order valence-electron chi connectivity index (χ1n) is 6.12. The topological polar surface area (TPSA) is 44.5 Å². The molecule has 6 heteroatoms. The average Bonchev–Trinajstić information content (AvgIpc) is 2.44. The van der Waals surface area contributed by atoms with Crippen LogP contribution in [0.1, 0.15) is 11.1 Å². The van der Waals surface area contributed by atoms with E-state index in [2.05, 4.69) is 0 Å². The molecule has 0 amide bonds. The van der Waals surface area contributed by atoms with Crippen molar-refractivity contribution in [2.75, 3.05) is 12.8 Å². The first-order chi connectivity index (χ1) is 9.88. The normalized spacial score (nSPS) is 11.2. The van der Waals surface area contributed by atoms with E-state index < -0.39 is 11.7 Å². The van der Waals surface area contributed by atoms with Crippen LogP contribution in [-0.4, -0.2) is 7.11 Å². The van der Waals surface area contributed by atoms with Crippen molar-refractivity contribution in [3.63, 3.8) is 0 Å². The molecule has 0 aliphatic carbocycles. The van der Waals surface area contributed by atoms with E-state index in [1.807, 2.05) is 0 Å². The number of hydrogen-bond acceptors (Lipinski definition) is 3. The van der Waals surface area contributed by atoms with E-state index in [0.29, 0.717) is 5.75 Å². The largest absolute Gasteiger partial charge is 0.497 e. The minimum Gasteiger partial charge on any atom is -0.497 e. The number of alkyl halides is 3. The number of rotatable bonds is 4. The summed E-state index contributed by atoms with van der Waals surface area (Å²) in [6.07, 6.45) is -4.45. The zero-order valence-electron chi connectivity index (χ0n) is 11.3. The summed E-state index contributed by atoms with van der Waals surface area (Å²) < 4.78 is 48.5. The molecule has 0 fully saturated rings. The lowest BCUT2D eigenvalue weighted by Gasteiger charge is -2.12. The van der Waals surface area contributed by atoms with Crippen molar-refractivity contribution >= 4 is 5.69 Å². The molecule has 0 aliphatic rings. The molecule has 0 spiro atoms. The quantitative estimate of drug-likeness (QED) is 0.871. The highest BCUT2D eigenvalue weighted by Gasteiger charge is 2.31. The third-order valence-electron chi connectivity index (χ3n) is 2.80. The van der Waals surface area contributed by atoms with Crippen molar-refractivity contribution in [2.45, 2.75) is 12.8 Å². The molecular weight excluding hydrogens is 283 g/mol. The Morgan fingerprint density at radius 2 is 1.81 bits per heavy atom. The molecule has 0 saturated heterocycles. The first-order valence-corrected chi connectivity index (χ1v) is 6.12. The molecule has 3 nitrogen and oxygen atoms in total. The smallest absolute Gasteiger partial charge is 0.416 e. The molecule has 0 atom stereocenters. The second kappa shape index (κ2) is 5.95. The molecule has 0 aliphatic heterocycles. The number of ether oxygens (including phenoxy) is 2. The maximum atomic E-state index is 12.7. The number of methoxy groups -OCH3 is 1. The van der Waals surface area contributed by atoms with Gasteiger partial charge in [-0.05, 0) is 29.8 Å². The van der Waals surface area contributed by atoms with Gasteiger partial charge in [0.15, 0.2) is 0 Å². The van der Waals surface area contributed by atoms with Gasteiger partial charge in [-0.2, -0.15) is 13.2 Å². The Labute approximate surface area is 120 Å². The van der Waals surface area contributed by atoms with Crippen molar-refractivity contribution in [3.05, 3.63) is 53.6 Å². The van der Waals surface area contributed by atoms with Gasteiger partial charge in [-0.25, -0.2) is 0 Å². The van der Waals surface area contributed by atoms with Gasteiger partial charge >= 0.3 is 6.18 Å². The van der Waals surface area contributed by atoms with Crippen LogP contribution in [0.3, 0.4) is 0 Å². The minimum absolute atomic E-state index is 0.00506. The van der Waals surface area contributed by atoms with Gasteiger partial charge in [-0.1, -0.05) is 12.1 Å². The summed E-state index contributed by atoms with van der Waals surface area (Å²) in [5.41, 5.74) is 5.43. The Bertz CT molecular complexity index is 627. The Morgan fingerprint density at radius 1 is 1.05 bits per heavy atom. The number of hydrogen-bond donors (Lipinski definition) is 1. The zero-order chi connectivity index (χ0) is 15.5. The van der Waals surface area contributed by atoms with E-state index in [4.69, 9.17) is 15.2 Å². The second-order valence-corrected chi connectivity index (χ2v) is 4.43. The SMILES string of the molecule is COc1cccc(COc2cc(N)cc(C(F)(F)F)c2)c1. The van der Waals surface area contributed by atoms with Crippen LogP contribution in [0.5, 0.6) is 11.5 Å². The molecule has 2 rings (SSSR count). The van der Waals surface area contributed by atoms with Crippen molar-refractivity contribution < 1.29 is 22.6 Å². The molecule has 2 N–H and O–H groups in total. The van der Waals surface area contributed by atoms with Crippen LogP contribution >= 0.6 is 0 Å². The van der Waals surface area contributed by atoms with E-state index in [-0.39, 0.29) is 18.0 Å². The predicted molar refractivity (Wildman–Crippen MR) is 73.2 cm³/mol. The highest BCUT2D eigenvalue weighted by molar-refractivity contribution is 5.48. The molecule has 0 saturated carbocycles. The number of anilines is 1. The second-order valence-electron chi connectivity index (χ2n) is 4.43. The summed E-state index contributed by atoms with van der Waals surface area (Å²) in [7, 11) is 1.54. The van der Waals surface area contributed by atoms with Crippen molar-refractivity contribution in [2.24, 2.45) is 0 Å². The van der Waals surface area contributed by atoms with Gasteiger partial charge in [0.1, 0.15) is 18.1 Å². The monoisotopic (exact) mass is 297 g/mol. The van der Waals surface area contributed by atoms with E-state index in [1.54, 1.807) is 24.3 Å². The van der Waals surface area contributed by atoms with E-state index in [9.17, 15) is 13.2 Å². The van der Waals surface area contributed by atoms with Gasteiger partial charge < -0.3 is 15.2 Å². The summed E-state index contributed by atoms with van der Waals surface area (Å²) in [6.45, 7) is 0.123. The van der Waals surface area contributed by atoms with Crippen LogP contribution < -0.4 is 15.2 Å². The third-order valence-corrected chi connectivity index (χ3v) is 2.80. The van der Waals surface area contributed by atoms with Gasteiger partial charge in [0.2, 0.25) is 0 Å². The van der Waals surface area contributed by atoms with Gasteiger partial charge in [-0.3, -0.25) is 0 Å². The fourth-order valence-corrected chi connectivity index (χ4v) is 1.80. The molecule has 112 valence electrons. The Hall–Kier alpha value is -2.37. The lowest BCUT2D eigenvalue weighted by atomic mass is 10.2. The zero-order valence-corrected chi connectivity index (χ0v) is 11.3. The van der Waals surface area contributed by atoms with Gasteiger partial charge in [-0.15, -0.1) is 0 Å². The average molecular weight is 297 g/mol. The van der Waals surface area contributed by atoms with Crippen molar-refractivity contribution in [1.29, 1.82) is 0 Å². The molecule has 2 aromatic rings. The summed E-state index contributed by atoms with van der Waals surface area (Å²) >= 11 is 0. The molecule has 0 bridgehead atoms. The first kappa shape index (κ1) is 15.0. The maximum absolute atomic E-state index is 12.7. The Kier molecular flexibility index (Phi) is 4.26. The molecule has 0 heterocycles. The Morgan fingerprint density at radius 3 is 2.48 bits per heavy atom. The number of nitrogen functional groups attached to an aromatic ring is 1. The van der Waals surface area contributed by atoms with E-state index in [0.717, 1.165) is 17.7 Å². The standard InChI is InChI=1S/C15H14F3NO2/c1-20-13-4-2-3-10(5-13)9-21-14-7-11(15(16,17)18)6-12(19)8-14/h2-8H,9,19H2,1H3. The number of nitrogens with two attached hydrogens (primary N) is 1. The van der Waals surface area contributed by atoms with Crippen LogP contribution in [-0.2, 0) is 12.8 Å². The van der Waals surface area contributed by atoms with E-state index >= 15 is 0 Å². The third kappa shape index (κ3) is 4.05. The van der Waals surface area contributed by atoms with Crippen LogP contribution in [0.4, 0.5) is 18.9 Å². The van der Waals surface area contributed by atoms with Crippen LogP contribution in [0, 0.1) is 0 Å². The Balaban J connectivity index is 2.14. The summed E-state index contributed by atoms with van der Waals surface area (Å²) in [5.74, 6) is 0.727. The number of benzene rings is 2. The maximum Gasteiger partial charge on any atom is 0.416 e. The van der Waals surface area contributed by atoms with Crippen molar-refractivity contribution in [1.82, 2.24) is 0 Å². The molecule has 21 heavy (non-hydrogen) atoms. The summed E-state index contributed by atoms with van der Waals surface area (Å²) in [4.78, 5) is 0. The van der Waals surface area contributed by atoms with Crippen molar-refractivity contribution in [3.8, 4) is 11.5 Å². The lowest BCUT2D eigenvalue weighted by molar-refractivity contribution is -0.137. The predicted octanol–water partition coefficient (Wildman–Crippen LogP) is 3.88. The fourth-order valence-electron chi connectivity index (χ4n) is 1.80. The van der Waals surface area contributed by atoms with E-state index in [1.165, 1.54) is 13.2 Å². The van der Waals surface area contributed by atoms with Crippen LogP contribution in [0.25, 0.3) is 0 Å². The fraction of sp³-hybridized carbons (Fsp3) is 0.200. The van der Waals surface area contributed by atoms with Crippen LogP contribution in [0.15, 0.2) is 42.5 Å². The highest BCUT2D eigenvalue weighted by Crippen LogP contribution is 2.33.